The average molecular weight is 618 g/mol. The fourth-order valence-electron chi connectivity index (χ4n) is 5.89. The molecule has 0 radical (unpaired) electrons. The third kappa shape index (κ3) is 6.13. The van der Waals surface area contributed by atoms with Gasteiger partial charge in [0, 0.05) is 59.1 Å². The van der Waals surface area contributed by atoms with Gasteiger partial charge < -0.3 is 24.0 Å². The van der Waals surface area contributed by atoms with Crippen molar-refractivity contribution in [3.63, 3.8) is 0 Å². The SMILES string of the molecule is COC[C@@]1(C)CN(C2CCOCC2)CCN1c1nn(C2CCN(C(=O)OC(C)(C)C)CC2)c(C)c1I. The highest BCUT2D eigenvalue weighted by Gasteiger charge is 2.42. The van der Waals surface area contributed by atoms with Crippen LogP contribution in [0, 0.1) is 10.5 Å². The number of methoxy groups -OCH3 is 1. The van der Waals surface area contributed by atoms with Gasteiger partial charge in [0.15, 0.2) is 5.82 Å². The molecule has 0 bridgehead atoms. The molecule has 3 saturated heterocycles. The van der Waals surface area contributed by atoms with E-state index in [-0.39, 0.29) is 17.7 Å². The molecule has 1 atom stereocenters. The number of piperidine rings is 1. The van der Waals surface area contributed by atoms with Crippen LogP contribution in [0.15, 0.2) is 0 Å². The van der Waals surface area contributed by atoms with Crippen LogP contribution in [0.1, 0.15) is 65.1 Å². The third-order valence-electron chi connectivity index (χ3n) is 7.75. The molecule has 1 amide bonds. The van der Waals surface area contributed by atoms with Crippen LogP contribution in [-0.2, 0) is 14.2 Å². The molecule has 0 aliphatic carbocycles. The Morgan fingerprint density at radius 3 is 2.39 bits per heavy atom. The number of nitrogens with zero attached hydrogens (tertiary/aromatic N) is 5. The number of carbonyl (C=O) groups is 1. The molecule has 0 aromatic carbocycles. The second kappa shape index (κ2) is 11.3. The van der Waals surface area contributed by atoms with Gasteiger partial charge in [0.05, 0.1) is 27.5 Å². The van der Waals surface area contributed by atoms with Gasteiger partial charge in [-0.2, -0.15) is 5.10 Å². The summed E-state index contributed by atoms with van der Waals surface area (Å²) in [5, 5.41) is 5.21. The maximum atomic E-state index is 12.5. The molecular weight excluding hydrogens is 573 g/mol. The maximum absolute atomic E-state index is 12.5. The van der Waals surface area contributed by atoms with E-state index in [1.54, 1.807) is 7.11 Å². The summed E-state index contributed by atoms with van der Waals surface area (Å²) in [6.45, 7) is 16.9. The van der Waals surface area contributed by atoms with Gasteiger partial charge in [0.25, 0.3) is 0 Å². The highest BCUT2D eigenvalue weighted by Crippen LogP contribution is 2.36. The van der Waals surface area contributed by atoms with E-state index < -0.39 is 5.60 Å². The number of likely N-dealkylation sites (tertiary alicyclic amines) is 1. The molecule has 0 saturated carbocycles. The number of amides is 1. The lowest BCUT2D eigenvalue weighted by atomic mass is 9.94. The Bertz CT molecular complexity index is 905. The molecule has 3 aliphatic rings. The molecule has 9 nitrogen and oxygen atoms in total. The van der Waals surface area contributed by atoms with Crippen LogP contribution < -0.4 is 4.90 Å². The maximum Gasteiger partial charge on any atom is 0.410 e. The predicted octanol–water partition coefficient (Wildman–Crippen LogP) is 4.07. The summed E-state index contributed by atoms with van der Waals surface area (Å²) in [5.74, 6) is 1.06. The molecule has 36 heavy (non-hydrogen) atoms. The van der Waals surface area contributed by atoms with Crippen LogP contribution in [0.2, 0.25) is 0 Å². The Kier molecular flexibility index (Phi) is 8.78. The Balaban J connectivity index is 1.48. The van der Waals surface area contributed by atoms with Crippen LogP contribution in [0.25, 0.3) is 0 Å². The van der Waals surface area contributed by atoms with Crippen LogP contribution in [0.5, 0.6) is 0 Å². The number of hydrogen-bond donors (Lipinski definition) is 0. The average Bonchev–Trinajstić information content (AvgIpc) is 3.12. The Labute approximate surface area is 229 Å². The van der Waals surface area contributed by atoms with Crippen LogP contribution in [0.4, 0.5) is 10.6 Å². The van der Waals surface area contributed by atoms with Crippen LogP contribution in [-0.4, -0.2) is 103 Å². The van der Waals surface area contributed by atoms with Gasteiger partial charge in [-0.3, -0.25) is 9.58 Å². The lowest BCUT2D eigenvalue weighted by Crippen LogP contribution is -2.65. The third-order valence-corrected chi connectivity index (χ3v) is 9.01. The van der Waals surface area contributed by atoms with Crippen molar-refractivity contribution in [3.8, 4) is 0 Å². The van der Waals surface area contributed by atoms with Crippen molar-refractivity contribution in [2.24, 2.45) is 0 Å². The summed E-state index contributed by atoms with van der Waals surface area (Å²) in [6.07, 6.45) is 3.76. The molecule has 1 aromatic heterocycles. The number of piperazine rings is 1. The fraction of sp³-hybridized carbons (Fsp3) is 0.846. The predicted molar refractivity (Wildman–Crippen MR) is 149 cm³/mol. The summed E-state index contributed by atoms with van der Waals surface area (Å²) in [7, 11) is 1.80. The van der Waals surface area contributed by atoms with Gasteiger partial charge in [0.1, 0.15) is 5.60 Å². The van der Waals surface area contributed by atoms with Gasteiger partial charge in [-0.15, -0.1) is 0 Å². The Hall–Kier alpha value is -1.11. The van der Waals surface area contributed by atoms with E-state index >= 15 is 0 Å². The van der Waals surface area contributed by atoms with Gasteiger partial charge >= 0.3 is 6.09 Å². The zero-order valence-corrected chi connectivity index (χ0v) is 25.0. The molecule has 1 aromatic rings. The highest BCUT2D eigenvalue weighted by atomic mass is 127. The van der Waals surface area contributed by atoms with E-state index in [0.29, 0.717) is 25.7 Å². The summed E-state index contributed by atoms with van der Waals surface area (Å²) in [5.41, 5.74) is 0.575. The molecule has 0 unspecified atom stereocenters. The van der Waals surface area contributed by atoms with Gasteiger partial charge in [-0.05, 0) is 82.9 Å². The van der Waals surface area contributed by atoms with Crippen LogP contribution >= 0.6 is 22.6 Å². The standard InChI is InChI=1S/C26H44IN5O4/c1-19-22(27)23(28-32(19)21-7-11-29(12-8-21)24(33)36-25(2,3)4)31-14-13-30(17-26(31,5)18-34-6)20-9-15-35-16-10-20/h20-21H,7-18H2,1-6H3/t26-/m1/s1. The quantitative estimate of drug-likeness (QED) is 0.462. The lowest BCUT2D eigenvalue weighted by molar-refractivity contribution is 0.00658. The normalized spacial score (nSPS) is 25.4. The highest BCUT2D eigenvalue weighted by molar-refractivity contribution is 14.1. The minimum atomic E-state index is -0.471. The number of halogens is 1. The van der Waals surface area contributed by atoms with E-state index in [1.807, 2.05) is 25.7 Å². The minimum absolute atomic E-state index is 0.156. The minimum Gasteiger partial charge on any atom is -0.444 e. The number of anilines is 1. The molecule has 204 valence electrons. The number of aromatic nitrogens is 2. The van der Waals surface area contributed by atoms with Crippen molar-refractivity contribution in [1.29, 1.82) is 0 Å². The van der Waals surface area contributed by atoms with Crippen molar-refractivity contribution in [2.75, 3.05) is 64.6 Å². The molecular formula is C26H44IN5O4. The van der Waals surface area contributed by atoms with E-state index in [0.717, 1.165) is 64.3 Å². The zero-order valence-electron chi connectivity index (χ0n) is 22.9. The van der Waals surface area contributed by atoms with Crippen molar-refractivity contribution in [2.45, 2.75) is 83.5 Å². The number of rotatable bonds is 5. The van der Waals surface area contributed by atoms with E-state index in [9.17, 15) is 4.79 Å². The molecule has 10 heteroatoms. The van der Waals surface area contributed by atoms with Gasteiger partial charge in [-0.1, -0.05) is 0 Å². The summed E-state index contributed by atoms with van der Waals surface area (Å²) < 4.78 is 20.4. The molecule has 0 spiro atoms. The Morgan fingerprint density at radius 2 is 1.78 bits per heavy atom. The smallest absolute Gasteiger partial charge is 0.410 e. The summed E-state index contributed by atoms with van der Waals surface area (Å²) >= 11 is 2.47. The monoisotopic (exact) mass is 617 g/mol. The first-order valence-electron chi connectivity index (χ1n) is 13.3. The topological polar surface area (TPSA) is 72.3 Å². The number of carbonyl (C=O) groups excluding carboxylic acids is 1. The van der Waals surface area contributed by atoms with Crippen LogP contribution in [0.3, 0.4) is 0 Å². The first-order chi connectivity index (χ1) is 17.0. The van der Waals surface area contributed by atoms with E-state index in [4.69, 9.17) is 19.3 Å². The lowest BCUT2D eigenvalue weighted by Gasteiger charge is -2.51. The zero-order chi connectivity index (χ0) is 26.1. The molecule has 4 rings (SSSR count). The van der Waals surface area contributed by atoms with Crippen molar-refractivity contribution < 1.29 is 19.0 Å². The van der Waals surface area contributed by atoms with Gasteiger partial charge in [-0.25, -0.2) is 4.79 Å². The first-order valence-corrected chi connectivity index (χ1v) is 14.4. The fourth-order valence-corrected chi connectivity index (χ4v) is 6.54. The van der Waals surface area contributed by atoms with Crippen molar-refractivity contribution >= 4 is 34.5 Å². The van der Waals surface area contributed by atoms with Crippen molar-refractivity contribution in [1.82, 2.24) is 19.6 Å². The molecule has 0 N–H and O–H groups in total. The number of ether oxygens (including phenoxy) is 3. The molecule has 3 aliphatic heterocycles. The summed E-state index contributed by atoms with van der Waals surface area (Å²) in [6, 6.07) is 0.869. The first kappa shape index (κ1) is 27.9. The van der Waals surface area contributed by atoms with E-state index in [2.05, 4.69) is 50.9 Å². The number of hydrogen-bond acceptors (Lipinski definition) is 7. The summed E-state index contributed by atoms with van der Waals surface area (Å²) in [4.78, 5) is 19.5. The second-order valence-electron chi connectivity index (χ2n) is 11.8. The van der Waals surface area contributed by atoms with E-state index in [1.165, 1.54) is 9.26 Å². The largest absolute Gasteiger partial charge is 0.444 e. The van der Waals surface area contributed by atoms with Crippen molar-refractivity contribution in [3.05, 3.63) is 9.26 Å². The molecule has 3 fully saturated rings. The van der Waals surface area contributed by atoms with Gasteiger partial charge in [0.2, 0.25) is 0 Å². The second-order valence-corrected chi connectivity index (χ2v) is 12.8. The molecule has 4 heterocycles. The Morgan fingerprint density at radius 1 is 1.11 bits per heavy atom.